The third kappa shape index (κ3) is 3.34. The number of carbonyl (C=O) groups excluding carboxylic acids is 1. The summed E-state index contributed by atoms with van der Waals surface area (Å²) in [5, 5.41) is 0.897. The first-order valence-electron chi connectivity index (χ1n) is 5.80. The van der Waals surface area contributed by atoms with E-state index < -0.39 is 0 Å². The van der Waals surface area contributed by atoms with Gasteiger partial charge in [-0.2, -0.15) is 0 Å². The van der Waals surface area contributed by atoms with Crippen LogP contribution >= 0.6 is 15.9 Å². The molecular formula is C13H21BrO2. The van der Waals surface area contributed by atoms with Gasteiger partial charge in [-0.3, -0.25) is 4.79 Å². The molecule has 0 amide bonds. The van der Waals surface area contributed by atoms with Crippen molar-refractivity contribution in [3.8, 4) is 0 Å². The standard InChI is InChI=1S/C13H21BrO2/c1-9-7-11(16-10(2)15)8-13(3,4)12(9)5-6-14/h5,9,11H,6-8H2,1-4H3. The highest BCUT2D eigenvalue weighted by Crippen LogP contribution is 2.44. The van der Waals surface area contributed by atoms with Gasteiger partial charge >= 0.3 is 5.97 Å². The minimum Gasteiger partial charge on any atom is -0.463 e. The average Bonchev–Trinajstić information content (AvgIpc) is 2.09. The van der Waals surface area contributed by atoms with E-state index in [-0.39, 0.29) is 17.5 Å². The molecule has 0 aromatic rings. The van der Waals surface area contributed by atoms with Gasteiger partial charge in [-0.15, -0.1) is 0 Å². The molecule has 0 aromatic carbocycles. The van der Waals surface area contributed by atoms with Crippen molar-refractivity contribution >= 4 is 21.9 Å². The monoisotopic (exact) mass is 288 g/mol. The van der Waals surface area contributed by atoms with Gasteiger partial charge in [-0.25, -0.2) is 0 Å². The van der Waals surface area contributed by atoms with Crippen LogP contribution in [0.3, 0.4) is 0 Å². The zero-order valence-electron chi connectivity index (χ0n) is 10.5. The fourth-order valence-corrected chi connectivity index (χ4v) is 3.19. The molecule has 2 unspecified atom stereocenters. The molecule has 0 heterocycles. The van der Waals surface area contributed by atoms with Gasteiger partial charge in [0.05, 0.1) is 0 Å². The summed E-state index contributed by atoms with van der Waals surface area (Å²) in [5.41, 5.74) is 1.61. The number of ether oxygens (including phenoxy) is 1. The van der Waals surface area contributed by atoms with E-state index in [9.17, 15) is 4.79 Å². The van der Waals surface area contributed by atoms with Crippen LogP contribution in [0, 0.1) is 11.3 Å². The van der Waals surface area contributed by atoms with E-state index in [4.69, 9.17) is 4.74 Å². The summed E-state index contributed by atoms with van der Waals surface area (Å²) in [6, 6.07) is 0. The second-order valence-electron chi connectivity index (χ2n) is 5.27. The topological polar surface area (TPSA) is 26.3 Å². The molecule has 92 valence electrons. The van der Waals surface area contributed by atoms with Crippen LogP contribution in [-0.2, 0) is 9.53 Å². The van der Waals surface area contributed by atoms with E-state index >= 15 is 0 Å². The first kappa shape index (κ1) is 13.8. The number of allylic oxidation sites excluding steroid dienone is 2. The van der Waals surface area contributed by atoms with Crippen molar-refractivity contribution in [2.24, 2.45) is 11.3 Å². The van der Waals surface area contributed by atoms with Crippen LogP contribution in [0.15, 0.2) is 11.6 Å². The molecule has 0 bridgehead atoms. The second kappa shape index (κ2) is 5.35. The minimum atomic E-state index is -0.166. The number of hydrogen-bond donors (Lipinski definition) is 0. The molecule has 16 heavy (non-hydrogen) atoms. The highest BCUT2D eigenvalue weighted by Gasteiger charge is 2.37. The lowest BCUT2D eigenvalue weighted by atomic mass is 9.67. The van der Waals surface area contributed by atoms with Gasteiger partial charge in [0.25, 0.3) is 0 Å². The van der Waals surface area contributed by atoms with Crippen molar-refractivity contribution in [2.75, 3.05) is 5.33 Å². The van der Waals surface area contributed by atoms with Crippen molar-refractivity contribution in [2.45, 2.75) is 46.6 Å². The molecule has 1 rings (SSSR count). The van der Waals surface area contributed by atoms with Crippen molar-refractivity contribution in [3.05, 3.63) is 11.6 Å². The Balaban J connectivity index is 2.79. The average molecular weight is 289 g/mol. The number of hydrogen-bond acceptors (Lipinski definition) is 2. The van der Waals surface area contributed by atoms with Gasteiger partial charge in [0.1, 0.15) is 6.10 Å². The zero-order valence-corrected chi connectivity index (χ0v) is 12.1. The Morgan fingerprint density at radius 1 is 1.62 bits per heavy atom. The normalized spacial score (nSPS) is 31.4. The number of alkyl halides is 1. The summed E-state index contributed by atoms with van der Waals surface area (Å²) in [6.45, 7) is 8.16. The van der Waals surface area contributed by atoms with Crippen molar-refractivity contribution in [1.29, 1.82) is 0 Å². The molecule has 2 nitrogen and oxygen atoms in total. The van der Waals surface area contributed by atoms with Gasteiger partial charge in [-0.1, -0.05) is 48.4 Å². The molecule has 0 saturated heterocycles. The van der Waals surface area contributed by atoms with Gasteiger partial charge in [0.2, 0.25) is 0 Å². The van der Waals surface area contributed by atoms with Crippen LogP contribution in [0.2, 0.25) is 0 Å². The number of halogens is 1. The molecule has 0 radical (unpaired) electrons. The van der Waals surface area contributed by atoms with Gasteiger partial charge in [-0.05, 0) is 24.2 Å². The molecule has 0 aromatic heterocycles. The van der Waals surface area contributed by atoms with Crippen LogP contribution in [-0.4, -0.2) is 17.4 Å². The number of rotatable bonds is 2. The summed E-state index contributed by atoms with van der Waals surface area (Å²) in [7, 11) is 0. The number of esters is 1. The largest absolute Gasteiger partial charge is 0.463 e. The highest BCUT2D eigenvalue weighted by atomic mass is 79.9. The Hall–Kier alpha value is -0.310. The summed E-state index contributed by atoms with van der Waals surface area (Å²) in [5.74, 6) is 0.326. The Bertz CT molecular complexity index is 294. The molecule has 0 aliphatic heterocycles. The van der Waals surface area contributed by atoms with Crippen molar-refractivity contribution in [3.63, 3.8) is 0 Å². The Morgan fingerprint density at radius 3 is 2.69 bits per heavy atom. The number of carbonyl (C=O) groups is 1. The molecule has 1 aliphatic rings. The van der Waals surface area contributed by atoms with E-state index in [0.29, 0.717) is 5.92 Å². The van der Waals surface area contributed by atoms with Gasteiger partial charge < -0.3 is 4.74 Å². The SMILES string of the molecule is CC(=O)OC1CC(C)C(=CCBr)C(C)(C)C1. The fourth-order valence-electron chi connectivity index (χ4n) is 2.84. The molecule has 1 aliphatic carbocycles. The predicted octanol–water partition coefficient (Wildman–Crippen LogP) is 3.70. The Kier molecular flexibility index (Phi) is 4.60. The molecule has 1 fully saturated rings. The minimum absolute atomic E-state index is 0.0787. The van der Waals surface area contributed by atoms with Crippen LogP contribution in [0.5, 0.6) is 0 Å². The Morgan fingerprint density at radius 2 is 2.25 bits per heavy atom. The van der Waals surface area contributed by atoms with Gasteiger partial charge in [0.15, 0.2) is 0 Å². The van der Waals surface area contributed by atoms with E-state index in [0.717, 1.165) is 18.2 Å². The molecule has 0 spiro atoms. The lowest BCUT2D eigenvalue weighted by molar-refractivity contribution is -0.149. The summed E-state index contributed by atoms with van der Waals surface area (Å²) in [6.07, 6.45) is 4.21. The Labute approximate surface area is 107 Å². The highest BCUT2D eigenvalue weighted by molar-refractivity contribution is 9.09. The second-order valence-corrected chi connectivity index (χ2v) is 5.92. The van der Waals surface area contributed by atoms with E-state index in [1.54, 1.807) is 0 Å². The lowest BCUT2D eigenvalue weighted by Crippen LogP contribution is -2.35. The molecule has 1 saturated carbocycles. The quantitative estimate of drug-likeness (QED) is 0.440. The third-order valence-electron chi connectivity index (χ3n) is 3.30. The van der Waals surface area contributed by atoms with Gasteiger partial charge in [0, 0.05) is 12.3 Å². The van der Waals surface area contributed by atoms with E-state index in [2.05, 4.69) is 42.8 Å². The first-order chi connectivity index (χ1) is 7.36. The van der Waals surface area contributed by atoms with Crippen molar-refractivity contribution < 1.29 is 9.53 Å². The predicted molar refractivity (Wildman–Crippen MR) is 69.6 cm³/mol. The molecule has 3 heteroatoms. The first-order valence-corrected chi connectivity index (χ1v) is 6.92. The molecule has 0 N–H and O–H groups in total. The summed E-state index contributed by atoms with van der Waals surface area (Å²) in [4.78, 5) is 11.0. The van der Waals surface area contributed by atoms with Crippen LogP contribution in [0.1, 0.15) is 40.5 Å². The maximum atomic E-state index is 11.0. The maximum Gasteiger partial charge on any atom is 0.302 e. The van der Waals surface area contributed by atoms with E-state index in [1.807, 2.05) is 0 Å². The lowest BCUT2D eigenvalue weighted by Gasteiger charge is -2.41. The molecular weight excluding hydrogens is 268 g/mol. The van der Waals surface area contributed by atoms with E-state index in [1.165, 1.54) is 12.5 Å². The van der Waals surface area contributed by atoms with Crippen LogP contribution < -0.4 is 0 Å². The summed E-state index contributed by atoms with van der Waals surface area (Å²) < 4.78 is 5.35. The van der Waals surface area contributed by atoms with Crippen molar-refractivity contribution in [1.82, 2.24) is 0 Å². The maximum absolute atomic E-state index is 11.0. The fraction of sp³-hybridized carbons (Fsp3) is 0.769. The third-order valence-corrected chi connectivity index (χ3v) is 3.62. The van der Waals surface area contributed by atoms with Crippen LogP contribution in [0.25, 0.3) is 0 Å². The molecule has 2 atom stereocenters. The smallest absolute Gasteiger partial charge is 0.302 e. The zero-order chi connectivity index (χ0) is 12.3. The summed E-state index contributed by atoms with van der Waals surface area (Å²) >= 11 is 3.46. The van der Waals surface area contributed by atoms with Crippen LogP contribution in [0.4, 0.5) is 0 Å².